The third-order valence-corrected chi connectivity index (χ3v) is 3.89. The smallest absolute Gasteiger partial charge is 0.212 e. The Morgan fingerprint density at radius 1 is 1.17 bits per heavy atom. The number of rotatable bonds is 4. The summed E-state index contributed by atoms with van der Waals surface area (Å²) >= 11 is 0. The van der Waals surface area contributed by atoms with Crippen molar-refractivity contribution >= 4 is 0 Å². The van der Waals surface area contributed by atoms with Gasteiger partial charge in [-0.1, -0.05) is 31.9 Å². The van der Waals surface area contributed by atoms with Crippen LogP contribution in [-0.2, 0) is 13.5 Å². The van der Waals surface area contributed by atoms with Crippen molar-refractivity contribution in [3.05, 3.63) is 66.2 Å². The molecule has 2 heterocycles. The summed E-state index contributed by atoms with van der Waals surface area (Å²) in [4.78, 5) is 8.41. The molecular weight excluding hydrogens is 294 g/mol. The molecule has 0 atom stereocenters. The quantitative estimate of drug-likeness (QED) is 0.675. The highest BCUT2D eigenvalue weighted by molar-refractivity contribution is 5.64. The lowest BCUT2D eigenvalue weighted by atomic mass is 10.0. The Bertz CT molecular complexity index is 1080. The van der Waals surface area contributed by atoms with Crippen LogP contribution in [0.4, 0.5) is 0 Å². The first-order valence-electron chi connectivity index (χ1n) is 11.2. The molecule has 0 N–H and O–H groups in total. The molecule has 122 valence electrons. The highest BCUT2D eigenvalue weighted by Gasteiger charge is 2.14. The molecule has 0 spiro atoms. The van der Waals surface area contributed by atoms with Crippen molar-refractivity contribution in [3.8, 4) is 22.5 Å². The van der Waals surface area contributed by atoms with E-state index in [4.69, 9.17) is 9.60 Å². The van der Waals surface area contributed by atoms with E-state index >= 15 is 0 Å². The van der Waals surface area contributed by atoms with E-state index in [1.807, 2.05) is 61.1 Å². The van der Waals surface area contributed by atoms with Gasteiger partial charge in [-0.05, 0) is 36.6 Å². The molecule has 0 saturated carbocycles. The molecule has 0 amide bonds. The maximum Gasteiger partial charge on any atom is 0.212 e. The van der Waals surface area contributed by atoms with Crippen LogP contribution in [0.2, 0.25) is 0 Å². The number of hydrogen-bond donors (Lipinski definition) is 0. The summed E-state index contributed by atoms with van der Waals surface area (Å²) in [7, 11) is 1.92. The average Bonchev–Trinajstić information content (AvgIpc) is 2.67. The second kappa shape index (κ2) is 6.91. The van der Waals surface area contributed by atoms with Gasteiger partial charge in [0.15, 0.2) is 6.20 Å². The van der Waals surface area contributed by atoms with Gasteiger partial charge in [0.05, 0.1) is 11.3 Å². The van der Waals surface area contributed by atoms with Crippen LogP contribution in [0.3, 0.4) is 0 Å². The van der Waals surface area contributed by atoms with Crippen LogP contribution in [0.5, 0.6) is 0 Å². The minimum Gasteiger partial charge on any atom is -0.241 e. The number of aryl methyl sites for hydroxylation is 2. The molecule has 0 aliphatic carbocycles. The Balaban J connectivity index is 1.97. The molecule has 0 bridgehead atoms. The predicted molar refractivity (Wildman–Crippen MR) is 97.4 cm³/mol. The SMILES string of the molecule is [2H]C([2H])([2H])C([2H])(Cc1nccc(-c2ccc(-c3ccccc3C)[n+](C)c2)n1)C([2H])([2H])[2H]. The Kier molecular flexibility index (Phi) is 2.79. The molecular formula is C21H24N3+. The van der Waals surface area contributed by atoms with E-state index < -0.39 is 26.0 Å². The van der Waals surface area contributed by atoms with E-state index in [-0.39, 0.29) is 5.82 Å². The first kappa shape index (κ1) is 9.67. The maximum atomic E-state index is 8.20. The van der Waals surface area contributed by atoms with Crippen LogP contribution in [0.15, 0.2) is 54.9 Å². The highest BCUT2D eigenvalue weighted by Crippen LogP contribution is 2.22. The molecule has 3 heteroatoms. The Hall–Kier alpha value is -2.55. The number of benzene rings is 1. The molecule has 0 aliphatic rings. The van der Waals surface area contributed by atoms with Crippen molar-refractivity contribution < 1.29 is 14.2 Å². The second-order valence-corrected chi connectivity index (χ2v) is 5.74. The van der Waals surface area contributed by atoms with E-state index in [1.165, 1.54) is 6.20 Å². The highest BCUT2D eigenvalue weighted by atomic mass is 14.9. The summed E-state index contributed by atoms with van der Waals surface area (Å²) < 4.78 is 55.7. The maximum absolute atomic E-state index is 8.20. The van der Waals surface area contributed by atoms with Gasteiger partial charge >= 0.3 is 0 Å². The lowest BCUT2D eigenvalue weighted by molar-refractivity contribution is -0.659. The van der Waals surface area contributed by atoms with E-state index in [0.29, 0.717) is 5.69 Å². The molecule has 0 radical (unpaired) electrons. The predicted octanol–water partition coefficient (Wildman–Crippen LogP) is 4.14. The van der Waals surface area contributed by atoms with Crippen molar-refractivity contribution in [2.24, 2.45) is 12.9 Å². The van der Waals surface area contributed by atoms with Crippen molar-refractivity contribution in [1.82, 2.24) is 9.97 Å². The van der Waals surface area contributed by atoms with Crippen LogP contribution >= 0.6 is 0 Å². The van der Waals surface area contributed by atoms with Gasteiger partial charge in [-0.15, -0.1) is 0 Å². The molecule has 2 aromatic heterocycles. The summed E-state index contributed by atoms with van der Waals surface area (Å²) in [6.45, 7) is -3.98. The van der Waals surface area contributed by atoms with E-state index in [0.717, 1.165) is 22.4 Å². The fraction of sp³-hybridized carbons (Fsp3) is 0.286. The monoisotopic (exact) mass is 325 g/mol. The van der Waals surface area contributed by atoms with E-state index in [2.05, 4.69) is 9.97 Å². The number of aromatic nitrogens is 3. The Labute approximate surface area is 153 Å². The zero-order valence-electron chi connectivity index (χ0n) is 20.7. The summed E-state index contributed by atoms with van der Waals surface area (Å²) in [6, 6.07) is 13.6. The summed E-state index contributed by atoms with van der Waals surface area (Å²) in [5, 5.41) is 0. The zero-order valence-corrected chi connectivity index (χ0v) is 13.7. The second-order valence-electron chi connectivity index (χ2n) is 5.74. The minimum absolute atomic E-state index is 0.00498. The Morgan fingerprint density at radius 2 is 2.00 bits per heavy atom. The number of hydrogen-bond acceptors (Lipinski definition) is 2. The minimum atomic E-state index is -3.01. The zero-order chi connectivity index (χ0) is 23.0. The molecule has 3 nitrogen and oxygen atoms in total. The molecule has 0 saturated heterocycles. The molecule has 0 unspecified atom stereocenters. The third-order valence-electron chi connectivity index (χ3n) is 3.89. The first-order valence-corrected chi connectivity index (χ1v) is 7.71. The lowest BCUT2D eigenvalue weighted by Crippen LogP contribution is -2.31. The third kappa shape index (κ3) is 3.51. The Morgan fingerprint density at radius 3 is 2.75 bits per heavy atom. The van der Waals surface area contributed by atoms with Crippen LogP contribution in [0.1, 0.15) is 34.7 Å². The van der Waals surface area contributed by atoms with Gasteiger partial charge in [0.2, 0.25) is 5.69 Å². The number of nitrogens with zero attached hydrogens (tertiary/aromatic N) is 3. The van der Waals surface area contributed by atoms with Crippen molar-refractivity contribution in [3.63, 3.8) is 0 Å². The molecule has 0 fully saturated rings. The first-order chi connectivity index (χ1) is 14.3. The molecule has 3 rings (SSSR count). The van der Waals surface area contributed by atoms with Crippen molar-refractivity contribution in [1.29, 1.82) is 0 Å². The van der Waals surface area contributed by atoms with Gasteiger partial charge in [-0.2, -0.15) is 0 Å². The van der Waals surface area contributed by atoms with E-state index in [9.17, 15) is 0 Å². The molecule has 3 aromatic rings. The van der Waals surface area contributed by atoms with Crippen molar-refractivity contribution in [2.45, 2.75) is 27.0 Å². The van der Waals surface area contributed by atoms with Crippen LogP contribution in [-0.4, -0.2) is 9.97 Å². The summed E-state index contributed by atoms with van der Waals surface area (Å²) in [5.74, 6) is -2.69. The number of pyridine rings is 1. The average molecular weight is 325 g/mol. The fourth-order valence-electron chi connectivity index (χ4n) is 2.70. The summed E-state index contributed by atoms with van der Waals surface area (Å²) in [6.07, 6.45) is 2.74. The largest absolute Gasteiger partial charge is 0.241 e. The molecule has 1 aromatic carbocycles. The van der Waals surface area contributed by atoms with Gasteiger partial charge in [0.1, 0.15) is 12.9 Å². The van der Waals surface area contributed by atoms with E-state index in [1.54, 1.807) is 6.07 Å². The van der Waals surface area contributed by atoms with Gasteiger partial charge in [-0.3, -0.25) is 0 Å². The standard InChI is InChI=1S/C21H24N3/c1-15(2)13-21-22-12-11-19(23-21)17-9-10-20(24(4)14-17)18-8-6-5-7-16(18)3/h5-12,14-15H,13H2,1-4H3/q+1/i1D3,2D3,15D. The van der Waals surface area contributed by atoms with Gasteiger partial charge < -0.3 is 0 Å². The lowest BCUT2D eigenvalue weighted by Gasteiger charge is -2.07. The summed E-state index contributed by atoms with van der Waals surface area (Å²) in [5.41, 5.74) is 4.56. The normalized spacial score (nSPS) is 16.8. The van der Waals surface area contributed by atoms with Gasteiger partial charge in [-0.25, -0.2) is 14.5 Å². The molecule has 24 heavy (non-hydrogen) atoms. The fourth-order valence-corrected chi connectivity index (χ4v) is 2.70. The molecule has 0 aliphatic heterocycles. The topological polar surface area (TPSA) is 29.7 Å². The van der Waals surface area contributed by atoms with Crippen molar-refractivity contribution in [2.75, 3.05) is 0 Å². The van der Waals surface area contributed by atoms with Crippen LogP contribution in [0.25, 0.3) is 22.5 Å². The van der Waals surface area contributed by atoms with Gasteiger partial charge in [0, 0.05) is 33.8 Å². The van der Waals surface area contributed by atoms with Gasteiger partial charge in [0.25, 0.3) is 0 Å². The van der Waals surface area contributed by atoms with Crippen LogP contribution < -0.4 is 4.57 Å². The van der Waals surface area contributed by atoms with Crippen LogP contribution in [0, 0.1) is 12.8 Å².